The van der Waals surface area contributed by atoms with Crippen LogP contribution in [0.4, 0.5) is 15.2 Å². The Morgan fingerprint density at radius 2 is 2.29 bits per heavy atom. The van der Waals surface area contributed by atoms with Crippen LogP contribution in [0.3, 0.4) is 0 Å². The van der Waals surface area contributed by atoms with E-state index in [1.165, 1.54) is 35.2 Å². The van der Waals surface area contributed by atoms with Gasteiger partial charge < -0.3 is 15.4 Å². The van der Waals surface area contributed by atoms with Crippen LogP contribution in [0.15, 0.2) is 28.6 Å². The van der Waals surface area contributed by atoms with Crippen LogP contribution in [-0.4, -0.2) is 41.6 Å². The first kappa shape index (κ1) is 18.6. The summed E-state index contributed by atoms with van der Waals surface area (Å²) in [5, 5.41) is 14.3. The van der Waals surface area contributed by atoms with E-state index in [1.54, 1.807) is 12.1 Å². The number of benzene rings is 1. The van der Waals surface area contributed by atoms with Gasteiger partial charge in [0.1, 0.15) is 5.82 Å². The maximum Gasteiger partial charge on any atom is 0.230 e. The minimum absolute atomic E-state index is 0.0497. The van der Waals surface area contributed by atoms with E-state index >= 15 is 0 Å². The van der Waals surface area contributed by atoms with Gasteiger partial charge in [0.25, 0.3) is 0 Å². The lowest BCUT2D eigenvalue weighted by Gasteiger charge is -2.04. The molecule has 1 amide bonds. The summed E-state index contributed by atoms with van der Waals surface area (Å²) >= 11 is 2.64. The largest absolute Gasteiger partial charge is 0.382 e. The van der Waals surface area contributed by atoms with E-state index in [4.69, 9.17) is 4.74 Å². The molecule has 1 aromatic carbocycles. The van der Waals surface area contributed by atoms with Crippen molar-refractivity contribution in [2.24, 2.45) is 0 Å². The Hall–Kier alpha value is -1.71. The average Bonchev–Trinajstić information content (AvgIpc) is 3.00. The van der Waals surface area contributed by atoms with Crippen molar-refractivity contribution < 1.29 is 13.9 Å². The number of nitrogens with zero attached hydrogens (tertiary/aromatic N) is 2. The molecular weight excluding hydrogens is 351 g/mol. The number of amides is 1. The van der Waals surface area contributed by atoms with Gasteiger partial charge in [-0.15, -0.1) is 10.2 Å². The van der Waals surface area contributed by atoms with Crippen LogP contribution in [0.2, 0.25) is 0 Å². The minimum atomic E-state index is -0.319. The maximum absolute atomic E-state index is 13.1. The van der Waals surface area contributed by atoms with Crippen molar-refractivity contribution in [2.75, 3.05) is 30.8 Å². The molecule has 2 N–H and O–H groups in total. The van der Waals surface area contributed by atoms with Gasteiger partial charge in [-0.1, -0.05) is 29.2 Å². The van der Waals surface area contributed by atoms with Crippen molar-refractivity contribution in [1.82, 2.24) is 15.5 Å². The highest BCUT2D eigenvalue weighted by molar-refractivity contribution is 8.01. The molecule has 2 aromatic rings. The zero-order valence-corrected chi connectivity index (χ0v) is 14.9. The lowest BCUT2D eigenvalue weighted by molar-refractivity contribution is -0.118. The number of rotatable bonds is 10. The van der Waals surface area contributed by atoms with E-state index in [1.807, 2.05) is 6.92 Å². The van der Waals surface area contributed by atoms with Crippen molar-refractivity contribution in [3.05, 3.63) is 30.1 Å². The molecule has 0 bridgehead atoms. The van der Waals surface area contributed by atoms with E-state index in [2.05, 4.69) is 20.8 Å². The minimum Gasteiger partial charge on any atom is -0.382 e. The SMILES string of the molecule is CCOCCCNC(=O)CSc1nnc(Nc2cccc(F)c2)s1. The van der Waals surface area contributed by atoms with Crippen molar-refractivity contribution in [3.8, 4) is 0 Å². The number of carbonyl (C=O) groups excluding carboxylic acids is 1. The van der Waals surface area contributed by atoms with Gasteiger partial charge in [-0.2, -0.15) is 0 Å². The molecule has 0 saturated heterocycles. The Balaban J connectivity index is 1.70. The van der Waals surface area contributed by atoms with Gasteiger partial charge in [-0.3, -0.25) is 4.79 Å². The van der Waals surface area contributed by atoms with Crippen LogP contribution in [0, 0.1) is 5.82 Å². The van der Waals surface area contributed by atoms with Gasteiger partial charge in [-0.05, 0) is 31.5 Å². The van der Waals surface area contributed by atoms with Gasteiger partial charge in [0.15, 0.2) is 4.34 Å². The third-order valence-corrected chi connectivity index (χ3v) is 4.77. The molecule has 0 atom stereocenters. The predicted octanol–water partition coefficient (Wildman–Crippen LogP) is 3.06. The molecule has 2 rings (SSSR count). The number of aromatic nitrogens is 2. The Bertz CT molecular complexity index is 654. The zero-order valence-electron chi connectivity index (χ0n) is 13.3. The van der Waals surface area contributed by atoms with Gasteiger partial charge in [-0.25, -0.2) is 4.39 Å². The monoisotopic (exact) mass is 370 g/mol. The molecule has 6 nitrogen and oxygen atoms in total. The zero-order chi connectivity index (χ0) is 17.2. The normalized spacial score (nSPS) is 10.6. The number of hydrogen-bond acceptors (Lipinski definition) is 7. The number of carbonyl (C=O) groups is 1. The number of anilines is 2. The summed E-state index contributed by atoms with van der Waals surface area (Å²) in [6.45, 7) is 3.87. The molecule has 0 aliphatic rings. The summed E-state index contributed by atoms with van der Waals surface area (Å²) in [7, 11) is 0. The van der Waals surface area contributed by atoms with Gasteiger partial charge in [0, 0.05) is 25.4 Å². The summed E-state index contributed by atoms with van der Waals surface area (Å²) < 4.78 is 19.0. The van der Waals surface area contributed by atoms with Crippen LogP contribution < -0.4 is 10.6 Å². The Kier molecular flexibility index (Phi) is 7.93. The first-order valence-electron chi connectivity index (χ1n) is 7.50. The van der Waals surface area contributed by atoms with E-state index in [0.29, 0.717) is 34.9 Å². The third-order valence-electron chi connectivity index (χ3n) is 2.80. The Morgan fingerprint density at radius 1 is 1.42 bits per heavy atom. The first-order valence-corrected chi connectivity index (χ1v) is 9.31. The van der Waals surface area contributed by atoms with Crippen LogP contribution in [0.25, 0.3) is 0 Å². The molecule has 9 heteroatoms. The number of thioether (sulfide) groups is 1. The molecule has 0 aliphatic carbocycles. The van der Waals surface area contributed by atoms with Gasteiger partial charge in [0.05, 0.1) is 5.75 Å². The van der Waals surface area contributed by atoms with Crippen LogP contribution in [-0.2, 0) is 9.53 Å². The van der Waals surface area contributed by atoms with Gasteiger partial charge in [0.2, 0.25) is 11.0 Å². The van der Waals surface area contributed by atoms with E-state index in [-0.39, 0.29) is 17.5 Å². The van der Waals surface area contributed by atoms with Crippen molar-refractivity contribution in [1.29, 1.82) is 0 Å². The molecule has 130 valence electrons. The smallest absolute Gasteiger partial charge is 0.230 e. The summed E-state index contributed by atoms with van der Waals surface area (Å²) in [4.78, 5) is 11.7. The second-order valence-corrected chi connectivity index (χ2v) is 6.90. The molecule has 1 aromatic heterocycles. The summed E-state index contributed by atoms with van der Waals surface area (Å²) in [5.74, 6) is -0.0880. The average molecular weight is 370 g/mol. The molecule has 24 heavy (non-hydrogen) atoms. The van der Waals surface area contributed by atoms with Gasteiger partial charge >= 0.3 is 0 Å². The number of ether oxygens (including phenoxy) is 1. The van der Waals surface area contributed by atoms with E-state index in [9.17, 15) is 9.18 Å². The molecule has 0 spiro atoms. The summed E-state index contributed by atoms with van der Waals surface area (Å²) in [6, 6.07) is 6.11. The quantitative estimate of drug-likeness (QED) is 0.494. The second-order valence-electron chi connectivity index (χ2n) is 4.70. The predicted molar refractivity (Wildman–Crippen MR) is 94.4 cm³/mol. The molecule has 0 saturated carbocycles. The Morgan fingerprint density at radius 3 is 3.08 bits per heavy atom. The fourth-order valence-electron chi connectivity index (χ4n) is 1.73. The second kappa shape index (κ2) is 10.2. The number of halogens is 1. The Labute approximate surface area is 148 Å². The third kappa shape index (κ3) is 6.81. The van der Waals surface area contributed by atoms with Crippen molar-refractivity contribution in [2.45, 2.75) is 17.7 Å². The van der Waals surface area contributed by atoms with Crippen LogP contribution >= 0.6 is 23.1 Å². The summed E-state index contributed by atoms with van der Waals surface area (Å²) in [5.41, 5.74) is 0.606. The fraction of sp³-hybridized carbons (Fsp3) is 0.400. The highest BCUT2D eigenvalue weighted by Gasteiger charge is 2.08. The maximum atomic E-state index is 13.1. The molecule has 0 aliphatic heterocycles. The van der Waals surface area contributed by atoms with Crippen LogP contribution in [0.5, 0.6) is 0 Å². The highest BCUT2D eigenvalue weighted by atomic mass is 32.2. The van der Waals surface area contributed by atoms with Crippen molar-refractivity contribution in [3.63, 3.8) is 0 Å². The van der Waals surface area contributed by atoms with E-state index in [0.717, 1.165) is 6.42 Å². The number of hydrogen-bond donors (Lipinski definition) is 2. The highest BCUT2D eigenvalue weighted by Crippen LogP contribution is 2.27. The molecule has 0 unspecified atom stereocenters. The molecular formula is C15H19FN4O2S2. The number of nitrogens with one attached hydrogen (secondary N) is 2. The topological polar surface area (TPSA) is 76.1 Å². The van der Waals surface area contributed by atoms with E-state index < -0.39 is 0 Å². The standard InChI is InChI=1S/C15H19FN4O2S2/c1-2-22-8-4-7-17-13(21)10-23-15-20-19-14(24-15)18-12-6-3-5-11(16)9-12/h3,5-6,9H,2,4,7-8,10H2,1H3,(H,17,21)(H,18,19). The molecule has 0 radical (unpaired) electrons. The molecule has 1 heterocycles. The fourth-order valence-corrected chi connectivity index (χ4v) is 3.34. The first-order chi connectivity index (χ1) is 11.7. The van der Waals surface area contributed by atoms with Crippen molar-refractivity contribution >= 4 is 39.8 Å². The summed E-state index contributed by atoms with van der Waals surface area (Å²) in [6.07, 6.45) is 0.796. The molecule has 0 fully saturated rings. The van der Waals surface area contributed by atoms with Crippen LogP contribution in [0.1, 0.15) is 13.3 Å². The lowest BCUT2D eigenvalue weighted by atomic mass is 10.3. The lowest BCUT2D eigenvalue weighted by Crippen LogP contribution is -2.26.